The van der Waals surface area contributed by atoms with Crippen LogP contribution in [0.15, 0.2) is 18.2 Å². The first-order chi connectivity index (χ1) is 9.90. The minimum Gasteiger partial charge on any atom is -0.311 e. The monoisotopic (exact) mass is 289 g/mol. The fourth-order valence-electron chi connectivity index (χ4n) is 2.40. The third-order valence-corrected chi connectivity index (χ3v) is 3.72. The van der Waals surface area contributed by atoms with Crippen molar-refractivity contribution in [1.82, 2.24) is 10.9 Å². The standard InChI is InChI=1S/C15H19N3O3/c1-9-5-4-6-13(10(9)2)18-8-12(7-14(18)20)15(21)17-16-11(3)19/h4-6,12H,7-8H2,1-3H3,(H,16,19)(H,17,21)/t12-/m0/s1. The zero-order valence-corrected chi connectivity index (χ0v) is 12.4. The summed E-state index contributed by atoms with van der Waals surface area (Å²) in [7, 11) is 0. The number of hydrogen-bond acceptors (Lipinski definition) is 3. The molecule has 0 spiro atoms. The zero-order valence-electron chi connectivity index (χ0n) is 12.4. The van der Waals surface area contributed by atoms with Crippen molar-refractivity contribution in [2.45, 2.75) is 27.2 Å². The molecule has 0 saturated carbocycles. The van der Waals surface area contributed by atoms with Gasteiger partial charge in [0.15, 0.2) is 0 Å². The predicted molar refractivity (Wildman–Crippen MR) is 78.3 cm³/mol. The molecule has 21 heavy (non-hydrogen) atoms. The second-order valence-corrected chi connectivity index (χ2v) is 5.29. The summed E-state index contributed by atoms with van der Waals surface area (Å²) in [4.78, 5) is 36.5. The van der Waals surface area contributed by atoms with Gasteiger partial charge in [-0.05, 0) is 31.0 Å². The Kier molecular flexibility index (Phi) is 4.26. The normalized spacial score (nSPS) is 17.8. The number of nitrogens with one attached hydrogen (secondary N) is 2. The van der Waals surface area contributed by atoms with Gasteiger partial charge >= 0.3 is 0 Å². The van der Waals surface area contributed by atoms with E-state index in [1.54, 1.807) is 4.90 Å². The minimum absolute atomic E-state index is 0.0772. The maximum Gasteiger partial charge on any atom is 0.243 e. The summed E-state index contributed by atoms with van der Waals surface area (Å²) < 4.78 is 0. The molecule has 0 unspecified atom stereocenters. The second kappa shape index (κ2) is 5.95. The Morgan fingerprint density at radius 3 is 2.62 bits per heavy atom. The van der Waals surface area contributed by atoms with E-state index >= 15 is 0 Å². The highest BCUT2D eigenvalue weighted by Gasteiger charge is 2.35. The van der Waals surface area contributed by atoms with Crippen LogP contribution in [0.1, 0.15) is 24.5 Å². The van der Waals surface area contributed by atoms with E-state index < -0.39 is 5.92 Å². The quantitative estimate of drug-likeness (QED) is 0.791. The van der Waals surface area contributed by atoms with Crippen molar-refractivity contribution in [2.24, 2.45) is 5.92 Å². The highest BCUT2D eigenvalue weighted by molar-refractivity contribution is 6.01. The van der Waals surface area contributed by atoms with E-state index in [9.17, 15) is 14.4 Å². The number of anilines is 1. The molecule has 112 valence electrons. The van der Waals surface area contributed by atoms with Crippen LogP contribution in [0.25, 0.3) is 0 Å². The fourth-order valence-corrected chi connectivity index (χ4v) is 2.40. The lowest BCUT2D eigenvalue weighted by atomic mass is 10.1. The molecule has 0 aromatic heterocycles. The Labute approximate surface area is 123 Å². The van der Waals surface area contributed by atoms with Crippen LogP contribution >= 0.6 is 0 Å². The first-order valence-corrected chi connectivity index (χ1v) is 6.83. The van der Waals surface area contributed by atoms with Gasteiger partial charge in [0.25, 0.3) is 0 Å². The number of carbonyl (C=O) groups is 3. The van der Waals surface area contributed by atoms with Crippen molar-refractivity contribution in [3.8, 4) is 0 Å². The molecule has 2 N–H and O–H groups in total. The summed E-state index contributed by atoms with van der Waals surface area (Å²) in [6.45, 7) is 5.58. The summed E-state index contributed by atoms with van der Waals surface area (Å²) in [5.41, 5.74) is 7.55. The van der Waals surface area contributed by atoms with Gasteiger partial charge in [-0.25, -0.2) is 0 Å². The molecule has 1 aromatic rings. The van der Waals surface area contributed by atoms with Crippen molar-refractivity contribution in [2.75, 3.05) is 11.4 Å². The fraction of sp³-hybridized carbons (Fsp3) is 0.400. The van der Waals surface area contributed by atoms with Crippen LogP contribution in [0.5, 0.6) is 0 Å². The van der Waals surface area contributed by atoms with Crippen LogP contribution in [0, 0.1) is 19.8 Å². The van der Waals surface area contributed by atoms with Gasteiger partial charge in [0, 0.05) is 25.6 Å². The van der Waals surface area contributed by atoms with Crippen molar-refractivity contribution in [3.05, 3.63) is 29.3 Å². The Morgan fingerprint density at radius 2 is 1.95 bits per heavy atom. The van der Waals surface area contributed by atoms with Crippen LogP contribution in [0.2, 0.25) is 0 Å². The number of aryl methyl sites for hydroxylation is 1. The molecular formula is C15H19N3O3. The van der Waals surface area contributed by atoms with Crippen LogP contribution in [0.3, 0.4) is 0 Å². The minimum atomic E-state index is -0.454. The van der Waals surface area contributed by atoms with E-state index in [0.717, 1.165) is 16.8 Å². The Balaban J connectivity index is 2.11. The van der Waals surface area contributed by atoms with E-state index in [-0.39, 0.29) is 24.1 Å². The Hall–Kier alpha value is -2.37. The number of hydrazine groups is 1. The Bertz CT molecular complexity index is 598. The van der Waals surface area contributed by atoms with E-state index in [4.69, 9.17) is 0 Å². The summed E-state index contributed by atoms with van der Waals surface area (Å²) in [5.74, 6) is -1.22. The molecular weight excluding hydrogens is 270 g/mol. The number of benzene rings is 1. The number of amides is 3. The lowest BCUT2D eigenvalue weighted by Crippen LogP contribution is -2.44. The van der Waals surface area contributed by atoms with Crippen LogP contribution in [0.4, 0.5) is 5.69 Å². The summed E-state index contributed by atoms with van der Waals surface area (Å²) in [6.07, 6.45) is 0.152. The molecule has 3 amide bonds. The Morgan fingerprint density at radius 1 is 1.24 bits per heavy atom. The third kappa shape index (κ3) is 3.21. The van der Waals surface area contributed by atoms with Crippen LogP contribution < -0.4 is 15.8 Å². The van der Waals surface area contributed by atoms with Gasteiger partial charge in [0.05, 0.1) is 5.92 Å². The van der Waals surface area contributed by atoms with Gasteiger partial charge in [-0.3, -0.25) is 25.2 Å². The molecule has 1 saturated heterocycles. The van der Waals surface area contributed by atoms with Gasteiger partial charge in [0.2, 0.25) is 17.7 Å². The molecule has 1 aliphatic rings. The van der Waals surface area contributed by atoms with Crippen molar-refractivity contribution in [1.29, 1.82) is 0 Å². The number of rotatable bonds is 2. The molecule has 0 bridgehead atoms. The van der Waals surface area contributed by atoms with E-state index in [1.807, 2.05) is 32.0 Å². The lowest BCUT2D eigenvalue weighted by molar-refractivity contribution is -0.130. The molecule has 2 rings (SSSR count). The number of nitrogens with zero attached hydrogens (tertiary/aromatic N) is 1. The second-order valence-electron chi connectivity index (χ2n) is 5.29. The van der Waals surface area contributed by atoms with Gasteiger partial charge in [-0.15, -0.1) is 0 Å². The van der Waals surface area contributed by atoms with Gasteiger partial charge in [-0.2, -0.15) is 0 Å². The maximum atomic E-state index is 12.1. The largest absolute Gasteiger partial charge is 0.311 e. The average Bonchev–Trinajstić information content (AvgIpc) is 2.81. The summed E-state index contributed by atoms with van der Waals surface area (Å²) in [6, 6.07) is 5.77. The molecule has 1 atom stereocenters. The van der Waals surface area contributed by atoms with Crippen LogP contribution in [-0.4, -0.2) is 24.3 Å². The molecule has 1 fully saturated rings. The third-order valence-electron chi connectivity index (χ3n) is 3.72. The highest BCUT2D eigenvalue weighted by atomic mass is 16.2. The van der Waals surface area contributed by atoms with E-state index in [1.165, 1.54) is 6.92 Å². The van der Waals surface area contributed by atoms with Crippen molar-refractivity contribution in [3.63, 3.8) is 0 Å². The van der Waals surface area contributed by atoms with E-state index in [2.05, 4.69) is 10.9 Å². The van der Waals surface area contributed by atoms with Gasteiger partial charge in [0.1, 0.15) is 0 Å². The van der Waals surface area contributed by atoms with Crippen LogP contribution in [-0.2, 0) is 14.4 Å². The van der Waals surface area contributed by atoms with Gasteiger partial charge in [-0.1, -0.05) is 12.1 Å². The predicted octanol–water partition coefficient (Wildman–Crippen LogP) is 0.824. The summed E-state index contributed by atoms with van der Waals surface area (Å²) >= 11 is 0. The smallest absolute Gasteiger partial charge is 0.243 e. The summed E-state index contributed by atoms with van der Waals surface area (Å²) in [5, 5.41) is 0. The highest BCUT2D eigenvalue weighted by Crippen LogP contribution is 2.29. The number of carbonyl (C=O) groups excluding carboxylic acids is 3. The topological polar surface area (TPSA) is 78.5 Å². The first kappa shape index (κ1) is 15.0. The van der Waals surface area contributed by atoms with Crippen molar-refractivity contribution < 1.29 is 14.4 Å². The number of hydrogen-bond donors (Lipinski definition) is 2. The molecule has 6 nitrogen and oxygen atoms in total. The maximum absolute atomic E-state index is 12.1. The molecule has 1 heterocycles. The first-order valence-electron chi connectivity index (χ1n) is 6.83. The molecule has 6 heteroatoms. The lowest BCUT2D eigenvalue weighted by Gasteiger charge is -2.20. The van der Waals surface area contributed by atoms with Crippen molar-refractivity contribution >= 4 is 23.4 Å². The average molecular weight is 289 g/mol. The molecule has 1 aromatic carbocycles. The molecule has 0 radical (unpaired) electrons. The molecule has 1 aliphatic heterocycles. The van der Waals surface area contributed by atoms with Gasteiger partial charge < -0.3 is 4.90 Å². The zero-order chi connectivity index (χ0) is 15.6. The SMILES string of the molecule is CC(=O)NNC(=O)[C@H]1CC(=O)N(c2cccc(C)c2C)C1. The molecule has 0 aliphatic carbocycles. The van der Waals surface area contributed by atoms with E-state index in [0.29, 0.717) is 6.54 Å².